The van der Waals surface area contributed by atoms with Gasteiger partial charge in [-0.05, 0) is 44.4 Å². The van der Waals surface area contributed by atoms with E-state index in [0.717, 1.165) is 29.3 Å². The standard InChI is InChI=1S/C13H23N3S/c1-4-14-13-15-12(16-17-13)11-7-5-10(6-8-11)9(2)3/h9-11H,4-8H2,1-3H3,(H,14,15,16). The Balaban J connectivity index is 1.91. The van der Waals surface area contributed by atoms with Gasteiger partial charge in [0.2, 0.25) is 5.13 Å². The molecular formula is C13H23N3S. The van der Waals surface area contributed by atoms with Gasteiger partial charge < -0.3 is 5.32 Å². The SMILES string of the molecule is CCNc1nc(C2CCC(C(C)C)CC2)ns1. The molecule has 2 rings (SSSR count). The van der Waals surface area contributed by atoms with Crippen LogP contribution in [0, 0.1) is 11.8 Å². The first kappa shape index (κ1) is 12.8. The van der Waals surface area contributed by atoms with E-state index in [1.54, 1.807) is 0 Å². The van der Waals surface area contributed by atoms with Crippen LogP contribution in [0.25, 0.3) is 0 Å². The summed E-state index contributed by atoms with van der Waals surface area (Å²) >= 11 is 1.50. The van der Waals surface area contributed by atoms with Crippen molar-refractivity contribution in [2.24, 2.45) is 11.8 Å². The van der Waals surface area contributed by atoms with Gasteiger partial charge in [-0.3, -0.25) is 0 Å². The van der Waals surface area contributed by atoms with Gasteiger partial charge in [-0.1, -0.05) is 13.8 Å². The molecule has 4 heteroatoms. The minimum absolute atomic E-state index is 0.605. The highest BCUT2D eigenvalue weighted by molar-refractivity contribution is 7.09. The Hall–Kier alpha value is -0.640. The summed E-state index contributed by atoms with van der Waals surface area (Å²) in [5.41, 5.74) is 0. The van der Waals surface area contributed by atoms with Crippen LogP contribution < -0.4 is 5.32 Å². The second-order valence-electron chi connectivity index (χ2n) is 5.34. The average molecular weight is 253 g/mol. The summed E-state index contributed by atoms with van der Waals surface area (Å²) in [6, 6.07) is 0. The first-order valence-corrected chi connectivity index (χ1v) is 7.55. The minimum Gasteiger partial charge on any atom is -0.361 e. The third-order valence-corrected chi connectivity index (χ3v) is 4.54. The van der Waals surface area contributed by atoms with Crippen LogP contribution in [-0.4, -0.2) is 15.9 Å². The number of anilines is 1. The molecule has 1 aliphatic rings. The molecule has 0 saturated heterocycles. The number of hydrogen-bond donors (Lipinski definition) is 1. The molecule has 0 aromatic carbocycles. The predicted molar refractivity (Wildman–Crippen MR) is 73.6 cm³/mol. The lowest BCUT2D eigenvalue weighted by atomic mass is 9.77. The van der Waals surface area contributed by atoms with Crippen LogP contribution >= 0.6 is 11.5 Å². The minimum atomic E-state index is 0.605. The van der Waals surface area contributed by atoms with E-state index < -0.39 is 0 Å². The molecule has 0 unspecified atom stereocenters. The smallest absolute Gasteiger partial charge is 0.202 e. The third-order valence-electron chi connectivity index (χ3n) is 3.85. The molecule has 17 heavy (non-hydrogen) atoms. The maximum absolute atomic E-state index is 4.59. The van der Waals surface area contributed by atoms with E-state index in [0.29, 0.717) is 5.92 Å². The normalized spacial score (nSPS) is 25.2. The Morgan fingerprint density at radius 2 is 2.00 bits per heavy atom. The van der Waals surface area contributed by atoms with Crippen LogP contribution in [0.5, 0.6) is 0 Å². The van der Waals surface area contributed by atoms with E-state index in [1.165, 1.54) is 37.2 Å². The molecule has 0 radical (unpaired) electrons. The molecule has 1 aromatic rings. The van der Waals surface area contributed by atoms with Crippen molar-refractivity contribution in [1.29, 1.82) is 0 Å². The fraction of sp³-hybridized carbons (Fsp3) is 0.846. The number of nitrogens with one attached hydrogen (secondary N) is 1. The maximum atomic E-state index is 4.59. The molecule has 0 spiro atoms. The molecule has 0 aliphatic heterocycles. The van der Waals surface area contributed by atoms with Crippen molar-refractivity contribution in [3.63, 3.8) is 0 Å². The highest BCUT2D eigenvalue weighted by Crippen LogP contribution is 2.38. The largest absolute Gasteiger partial charge is 0.361 e. The van der Waals surface area contributed by atoms with Crippen molar-refractivity contribution in [2.45, 2.75) is 52.4 Å². The van der Waals surface area contributed by atoms with Gasteiger partial charge in [0, 0.05) is 24.0 Å². The zero-order chi connectivity index (χ0) is 12.3. The van der Waals surface area contributed by atoms with E-state index in [2.05, 4.69) is 35.4 Å². The molecule has 0 bridgehead atoms. The molecule has 1 heterocycles. The summed E-state index contributed by atoms with van der Waals surface area (Å²) in [5, 5.41) is 4.22. The molecule has 1 fully saturated rings. The maximum Gasteiger partial charge on any atom is 0.202 e. The number of rotatable bonds is 4. The van der Waals surface area contributed by atoms with Crippen LogP contribution in [-0.2, 0) is 0 Å². The van der Waals surface area contributed by atoms with Gasteiger partial charge >= 0.3 is 0 Å². The zero-order valence-corrected chi connectivity index (χ0v) is 11.9. The van der Waals surface area contributed by atoms with Crippen molar-refractivity contribution in [3.05, 3.63) is 5.82 Å². The van der Waals surface area contributed by atoms with Crippen molar-refractivity contribution in [2.75, 3.05) is 11.9 Å². The first-order valence-electron chi connectivity index (χ1n) is 6.78. The Labute approximate surface area is 108 Å². The van der Waals surface area contributed by atoms with Gasteiger partial charge in [-0.25, -0.2) is 4.98 Å². The molecule has 0 atom stereocenters. The summed E-state index contributed by atoms with van der Waals surface area (Å²) in [5.74, 6) is 3.43. The Bertz CT molecular complexity index is 340. The average Bonchev–Trinajstić information content (AvgIpc) is 2.78. The first-order chi connectivity index (χ1) is 8.20. The fourth-order valence-corrected chi connectivity index (χ4v) is 3.38. The lowest BCUT2D eigenvalue weighted by molar-refractivity contribution is 0.255. The topological polar surface area (TPSA) is 37.8 Å². The summed E-state index contributed by atoms with van der Waals surface area (Å²) in [6.07, 6.45) is 5.23. The highest BCUT2D eigenvalue weighted by atomic mass is 32.1. The van der Waals surface area contributed by atoms with Crippen molar-refractivity contribution in [1.82, 2.24) is 9.36 Å². The molecule has 1 saturated carbocycles. The number of nitrogens with zero attached hydrogens (tertiary/aromatic N) is 2. The molecule has 1 N–H and O–H groups in total. The van der Waals surface area contributed by atoms with E-state index in [4.69, 9.17) is 0 Å². The van der Waals surface area contributed by atoms with Crippen LogP contribution in [0.15, 0.2) is 0 Å². The van der Waals surface area contributed by atoms with Gasteiger partial charge in [0.15, 0.2) is 0 Å². The quantitative estimate of drug-likeness (QED) is 0.884. The number of hydrogen-bond acceptors (Lipinski definition) is 4. The molecule has 0 amide bonds. The van der Waals surface area contributed by atoms with Crippen LogP contribution in [0.1, 0.15) is 58.2 Å². The molecule has 1 aromatic heterocycles. The molecule has 1 aliphatic carbocycles. The zero-order valence-electron chi connectivity index (χ0n) is 11.1. The summed E-state index contributed by atoms with van der Waals surface area (Å²) in [6.45, 7) is 7.70. The van der Waals surface area contributed by atoms with E-state index in [9.17, 15) is 0 Å². The van der Waals surface area contributed by atoms with Crippen molar-refractivity contribution >= 4 is 16.7 Å². The lowest BCUT2D eigenvalue weighted by Gasteiger charge is -2.29. The second kappa shape index (κ2) is 5.80. The summed E-state index contributed by atoms with van der Waals surface area (Å²) < 4.78 is 4.50. The highest BCUT2D eigenvalue weighted by Gasteiger charge is 2.26. The second-order valence-corrected chi connectivity index (χ2v) is 6.10. The van der Waals surface area contributed by atoms with E-state index >= 15 is 0 Å². The monoisotopic (exact) mass is 253 g/mol. The van der Waals surface area contributed by atoms with Crippen LogP contribution in [0.2, 0.25) is 0 Å². The van der Waals surface area contributed by atoms with Gasteiger partial charge in [0.1, 0.15) is 5.82 Å². The summed E-state index contributed by atoms with van der Waals surface area (Å²) in [4.78, 5) is 4.59. The van der Waals surface area contributed by atoms with Crippen molar-refractivity contribution < 1.29 is 0 Å². The van der Waals surface area contributed by atoms with Gasteiger partial charge in [0.05, 0.1) is 0 Å². The lowest BCUT2D eigenvalue weighted by Crippen LogP contribution is -2.18. The van der Waals surface area contributed by atoms with Crippen LogP contribution in [0.4, 0.5) is 5.13 Å². The van der Waals surface area contributed by atoms with Gasteiger partial charge in [-0.15, -0.1) is 0 Å². The third kappa shape index (κ3) is 3.18. The molecule has 3 nitrogen and oxygen atoms in total. The van der Waals surface area contributed by atoms with Gasteiger partial charge in [0.25, 0.3) is 0 Å². The summed E-state index contributed by atoms with van der Waals surface area (Å²) in [7, 11) is 0. The van der Waals surface area contributed by atoms with E-state index in [-0.39, 0.29) is 0 Å². The molecular weight excluding hydrogens is 230 g/mol. The van der Waals surface area contributed by atoms with E-state index in [1.807, 2.05) is 0 Å². The molecule has 96 valence electrons. The predicted octanol–water partition coefficient (Wildman–Crippen LogP) is 3.90. The Kier molecular flexibility index (Phi) is 4.37. The number of aromatic nitrogens is 2. The fourth-order valence-electron chi connectivity index (χ4n) is 2.67. The van der Waals surface area contributed by atoms with Gasteiger partial charge in [-0.2, -0.15) is 4.37 Å². The Morgan fingerprint density at radius 3 is 2.59 bits per heavy atom. The van der Waals surface area contributed by atoms with Crippen LogP contribution in [0.3, 0.4) is 0 Å². The van der Waals surface area contributed by atoms with Crippen molar-refractivity contribution in [3.8, 4) is 0 Å². The Morgan fingerprint density at radius 1 is 1.29 bits per heavy atom.